The molecule has 2 aliphatic carbocycles. The van der Waals surface area contributed by atoms with E-state index < -0.39 is 74.2 Å². The largest absolute Gasteiger partial charge is 0.466 e. The van der Waals surface area contributed by atoms with Crippen molar-refractivity contribution in [1.29, 1.82) is 0 Å². The van der Waals surface area contributed by atoms with Crippen molar-refractivity contribution in [1.82, 2.24) is 9.62 Å². The van der Waals surface area contributed by atoms with Gasteiger partial charge >= 0.3 is 11.9 Å². The number of ketones is 1. The third-order valence-electron chi connectivity index (χ3n) is 9.76. The van der Waals surface area contributed by atoms with Gasteiger partial charge in [0.15, 0.2) is 5.78 Å². The summed E-state index contributed by atoms with van der Waals surface area (Å²) in [6.45, 7) is 7.57. The van der Waals surface area contributed by atoms with Crippen LogP contribution in [0, 0.1) is 23.2 Å². The number of rotatable bonds is 8. The lowest BCUT2D eigenvalue weighted by Gasteiger charge is -2.30. The van der Waals surface area contributed by atoms with Gasteiger partial charge in [-0.05, 0) is 61.5 Å². The van der Waals surface area contributed by atoms with Gasteiger partial charge in [-0.3, -0.25) is 28.7 Å². The molecule has 0 unspecified atom stereocenters. The summed E-state index contributed by atoms with van der Waals surface area (Å²) in [6.07, 6.45) is 3.46. The van der Waals surface area contributed by atoms with Gasteiger partial charge in [-0.1, -0.05) is 44.2 Å². The minimum absolute atomic E-state index is 0.0329. The number of nitrogens with one attached hydrogen (secondary N) is 1. The van der Waals surface area contributed by atoms with Crippen LogP contribution >= 0.6 is 0 Å². The fourth-order valence-corrected chi connectivity index (χ4v) is 8.08. The number of fused-ring (bicyclic) bond motifs is 4. The quantitative estimate of drug-likeness (QED) is 0.329. The average molecular weight is 657 g/mol. The Balaban J connectivity index is 1.37. The summed E-state index contributed by atoms with van der Waals surface area (Å²) in [5.74, 6) is -3.99. The highest BCUT2D eigenvalue weighted by Crippen LogP contribution is 2.57. The SMILES string of the molecule is C=C[C@@H]1C[C@]1(CC(=O)[C@@H]1C[C@@H]2CN1C(=O)[C@H](C(C)C)CC(=O)OCCCc1cccc(c1)CCC(=O)O2)C(=O)NS(=O)(=O)C1CC1. The molecule has 1 aromatic carbocycles. The molecule has 3 fully saturated rings. The number of hydrogen-bond donors (Lipinski definition) is 1. The Labute approximate surface area is 270 Å². The van der Waals surface area contributed by atoms with Crippen LogP contribution in [0.5, 0.6) is 0 Å². The molecule has 0 aromatic heterocycles. The first-order chi connectivity index (χ1) is 21.8. The second-order valence-corrected chi connectivity index (χ2v) is 15.5. The number of carbonyl (C=O) groups excluding carboxylic acids is 5. The lowest BCUT2D eigenvalue weighted by molar-refractivity contribution is -0.152. The predicted molar refractivity (Wildman–Crippen MR) is 167 cm³/mol. The van der Waals surface area contributed by atoms with Crippen LogP contribution in [-0.4, -0.2) is 73.4 Å². The molecule has 11 nitrogen and oxygen atoms in total. The number of Topliss-reactive ketones (excluding diaryl/α,β-unsaturated/α-hetero) is 1. The topological polar surface area (TPSA) is 153 Å². The van der Waals surface area contributed by atoms with Crippen LogP contribution in [0.15, 0.2) is 36.9 Å². The maximum atomic E-state index is 14.0. The summed E-state index contributed by atoms with van der Waals surface area (Å²) in [4.78, 5) is 68.6. The van der Waals surface area contributed by atoms with Crippen LogP contribution < -0.4 is 4.72 Å². The van der Waals surface area contributed by atoms with Crippen LogP contribution in [0.2, 0.25) is 0 Å². The third-order valence-corrected chi connectivity index (χ3v) is 11.6. The molecule has 4 bridgehead atoms. The van der Waals surface area contributed by atoms with Crippen LogP contribution in [0.4, 0.5) is 0 Å². The molecule has 2 heterocycles. The number of aryl methyl sites for hydroxylation is 2. The van der Waals surface area contributed by atoms with Crippen molar-refractivity contribution < 1.29 is 41.9 Å². The van der Waals surface area contributed by atoms with Crippen molar-refractivity contribution in [3.8, 4) is 0 Å². The van der Waals surface area contributed by atoms with E-state index in [1.54, 1.807) is 6.08 Å². The molecule has 12 heteroatoms. The van der Waals surface area contributed by atoms with Crippen LogP contribution in [-0.2, 0) is 56.3 Å². The van der Waals surface area contributed by atoms with Crippen LogP contribution in [0.1, 0.15) is 76.3 Å². The molecule has 0 spiro atoms. The van der Waals surface area contributed by atoms with Gasteiger partial charge in [0.2, 0.25) is 21.8 Å². The summed E-state index contributed by atoms with van der Waals surface area (Å²) in [5, 5.41) is -0.606. The number of amides is 2. The highest BCUT2D eigenvalue weighted by Gasteiger charge is 2.61. The molecular formula is C34H44N2O9S. The summed E-state index contributed by atoms with van der Waals surface area (Å²) < 4.78 is 38.6. The van der Waals surface area contributed by atoms with Gasteiger partial charge in [0.1, 0.15) is 6.10 Å². The zero-order valence-electron chi connectivity index (χ0n) is 26.6. The summed E-state index contributed by atoms with van der Waals surface area (Å²) in [5.41, 5.74) is 0.751. The second kappa shape index (κ2) is 13.7. The molecule has 2 amide bonds. The van der Waals surface area contributed by atoms with E-state index in [0.29, 0.717) is 32.1 Å². The Morgan fingerprint density at radius 2 is 1.83 bits per heavy atom. The number of hydrogen-bond acceptors (Lipinski definition) is 9. The molecule has 2 aliphatic heterocycles. The van der Waals surface area contributed by atoms with E-state index in [2.05, 4.69) is 11.3 Å². The monoisotopic (exact) mass is 656 g/mol. The zero-order valence-corrected chi connectivity index (χ0v) is 27.4. The summed E-state index contributed by atoms with van der Waals surface area (Å²) in [7, 11) is -3.83. The lowest BCUT2D eigenvalue weighted by atomic mass is 9.89. The Morgan fingerprint density at radius 1 is 1.11 bits per heavy atom. The van der Waals surface area contributed by atoms with Gasteiger partial charge in [0.25, 0.3) is 0 Å². The fraction of sp³-hybridized carbons (Fsp3) is 0.618. The van der Waals surface area contributed by atoms with Crippen molar-refractivity contribution in [3.63, 3.8) is 0 Å². The molecule has 1 aromatic rings. The molecule has 0 radical (unpaired) electrons. The highest BCUT2D eigenvalue weighted by atomic mass is 32.2. The van der Waals surface area contributed by atoms with E-state index in [0.717, 1.165) is 11.1 Å². The number of ether oxygens (including phenoxy) is 2. The van der Waals surface area contributed by atoms with Crippen molar-refractivity contribution >= 4 is 39.6 Å². The Morgan fingerprint density at radius 3 is 2.48 bits per heavy atom. The minimum atomic E-state index is -3.83. The van der Waals surface area contributed by atoms with E-state index in [1.165, 1.54) is 4.90 Å². The smallest absolute Gasteiger partial charge is 0.306 e. The molecule has 5 rings (SSSR count). The van der Waals surface area contributed by atoms with Crippen LogP contribution in [0.3, 0.4) is 0 Å². The van der Waals surface area contributed by atoms with Crippen LogP contribution in [0.25, 0.3) is 0 Å². The van der Waals surface area contributed by atoms with Crippen molar-refractivity contribution in [2.45, 2.75) is 95.5 Å². The Hall–Kier alpha value is -3.54. The molecular weight excluding hydrogens is 612 g/mol. The number of carbonyl (C=O) groups is 5. The summed E-state index contributed by atoms with van der Waals surface area (Å²) in [6, 6.07) is 6.85. The maximum Gasteiger partial charge on any atom is 0.306 e. The summed E-state index contributed by atoms with van der Waals surface area (Å²) >= 11 is 0. The van der Waals surface area contributed by atoms with Gasteiger partial charge < -0.3 is 14.4 Å². The minimum Gasteiger partial charge on any atom is -0.466 e. The molecule has 46 heavy (non-hydrogen) atoms. The molecule has 4 aliphatic rings. The number of benzene rings is 1. The average Bonchev–Trinajstić information content (AvgIpc) is 3.93. The first-order valence-electron chi connectivity index (χ1n) is 16.3. The fourth-order valence-electron chi connectivity index (χ4n) is 6.69. The number of nitrogens with zero attached hydrogens (tertiary/aromatic N) is 1. The van der Waals surface area contributed by atoms with Crippen molar-refractivity contribution in [3.05, 3.63) is 48.0 Å². The normalized spacial score (nSPS) is 29.3. The number of esters is 2. The zero-order chi connectivity index (χ0) is 33.2. The first-order valence-corrected chi connectivity index (χ1v) is 17.8. The van der Waals surface area contributed by atoms with Crippen molar-refractivity contribution in [2.75, 3.05) is 13.2 Å². The molecule has 1 saturated heterocycles. The van der Waals surface area contributed by atoms with Gasteiger partial charge in [0, 0.05) is 19.3 Å². The van der Waals surface area contributed by atoms with Gasteiger partial charge in [0.05, 0.1) is 42.2 Å². The maximum absolute atomic E-state index is 14.0. The second-order valence-electron chi connectivity index (χ2n) is 13.6. The van der Waals surface area contributed by atoms with E-state index in [9.17, 15) is 32.4 Å². The van der Waals surface area contributed by atoms with E-state index in [1.807, 2.05) is 38.1 Å². The molecule has 5 atom stereocenters. The molecule has 2 saturated carbocycles. The highest BCUT2D eigenvalue weighted by molar-refractivity contribution is 7.90. The standard InChI is InChI=1S/C34H44N2O9S/c1-4-24-18-34(24,33(41)35-46(42,43)26-11-12-26)19-29(37)28-16-25-20-36(28)32(40)27(21(2)3)17-31(39)44-14-6-9-22-7-5-8-23(15-22)10-13-30(38)45-25/h4-5,7-8,15,21,24-28H,1,6,9-14,16-20H2,2-3H3,(H,35,41)/t24-,25-,27+,28+,34-/m1/s1. The van der Waals surface area contributed by atoms with Crippen molar-refractivity contribution in [2.24, 2.45) is 23.2 Å². The van der Waals surface area contributed by atoms with Gasteiger partial charge in [-0.15, -0.1) is 6.58 Å². The Kier molecular flexibility index (Phi) is 10.0. The van der Waals surface area contributed by atoms with E-state index in [4.69, 9.17) is 9.47 Å². The number of cyclic esters (lactones) is 1. The molecule has 250 valence electrons. The van der Waals surface area contributed by atoms with Gasteiger partial charge in [-0.2, -0.15) is 0 Å². The lowest BCUT2D eigenvalue weighted by Crippen LogP contribution is -2.47. The van der Waals surface area contributed by atoms with E-state index >= 15 is 0 Å². The number of allylic oxidation sites excluding steroid dienone is 1. The number of sulfonamides is 1. The van der Waals surface area contributed by atoms with Gasteiger partial charge in [-0.25, -0.2) is 8.42 Å². The Bertz CT molecular complexity index is 1500. The predicted octanol–water partition coefficient (Wildman–Crippen LogP) is 3.04. The third kappa shape index (κ3) is 7.70. The molecule has 1 N–H and O–H groups in total. The first kappa shape index (κ1) is 33.8. The van der Waals surface area contributed by atoms with E-state index in [-0.39, 0.29) is 51.2 Å².